The highest BCUT2D eigenvalue weighted by atomic mass is 16.5. The molecule has 0 aromatic heterocycles. The van der Waals surface area contributed by atoms with Crippen molar-refractivity contribution in [3.63, 3.8) is 0 Å². The van der Waals surface area contributed by atoms with Gasteiger partial charge in [0.1, 0.15) is 11.9 Å². The third-order valence-corrected chi connectivity index (χ3v) is 4.39. The van der Waals surface area contributed by atoms with E-state index in [4.69, 9.17) is 9.47 Å². The van der Waals surface area contributed by atoms with Gasteiger partial charge in [-0.05, 0) is 23.6 Å². The summed E-state index contributed by atoms with van der Waals surface area (Å²) >= 11 is 0. The molecule has 1 aliphatic heterocycles. The Morgan fingerprint density at radius 3 is 2.76 bits per heavy atom. The van der Waals surface area contributed by atoms with Gasteiger partial charge in [-0.3, -0.25) is 0 Å². The number of amides is 2. The van der Waals surface area contributed by atoms with Gasteiger partial charge in [0.2, 0.25) is 0 Å². The lowest BCUT2D eigenvalue weighted by Crippen LogP contribution is -2.47. The number of rotatable bonds is 5. The van der Waals surface area contributed by atoms with Crippen molar-refractivity contribution in [3.8, 4) is 5.75 Å². The second kappa shape index (κ2) is 8.53. The number of carbonyl (C=O) groups excluding carboxylic acids is 1. The van der Waals surface area contributed by atoms with Gasteiger partial charge in [0.25, 0.3) is 0 Å². The first-order chi connectivity index (χ1) is 12.3. The standard InChI is InChI=1S/C20H24N2O3/c1-24-18-10-6-5-9-17(18)11-12-21-20(23)22-13-14-25-19(15-22)16-7-3-2-4-8-16/h2-10,19H,11-15H2,1H3,(H,21,23). The predicted octanol–water partition coefficient (Wildman–Crippen LogP) is 3.02. The number of hydrogen-bond donors (Lipinski definition) is 1. The zero-order valence-corrected chi connectivity index (χ0v) is 14.5. The number of benzene rings is 2. The Labute approximate surface area is 148 Å². The van der Waals surface area contributed by atoms with E-state index in [1.807, 2.05) is 59.5 Å². The van der Waals surface area contributed by atoms with E-state index >= 15 is 0 Å². The number of hydrogen-bond acceptors (Lipinski definition) is 3. The molecule has 1 atom stereocenters. The summed E-state index contributed by atoms with van der Waals surface area (Å²) in [5.74, 6) is 0.854. The lowest BCUT2D eigenvalue weighted by molar-refractivity contribution is -0.0153. The molecule has 3 rings (SSSR count). The molecule has 1 N–H and O–H groups in total. The van der Waals surface area contributed by atoms with Gasteiger partial charge in [0, 0.05) is 13.1 Å². The molecule has 1 unspecified atom stereocenters. The zero-order chi connectivity index (χ0) is 17.5. The van der Waals surface area contributed by atoms with Crippen molar-refractivity contribution in [2.45, 2.75) is 12.5 Å². The van der Waals surface area contributed by atoms with Crippen LogP contribution < -0.4 is 10.1 Å². The monoisotopic (exact) mass is 340 g/mol. The van der Waals surface area contributed by atoms with Crippen LogP contribution in [0.4, 0.5) is 4.79 Å². The smallest absolute Gasteiger partial charge is 0.317 e. The van der Waals surface area contributed by atoms with E-state index in [0.717, 1.165) is 23.3 Å². The van der Waals surface area contributed by atoms with Crippen LogP contribution in [0, 0.1) is 0 Å². The molecule has 0 saturated carbocycles. The van der Waals surface area contributed by atoms with Crippen LogP contribution in [-0.2, 0) is 11.2 Å². The summed E-state index contributed by atoms with van der Waals surface area (Å²) in [7, 11) is 1.66. The van der Waals surface area contributed by atoms with Gasteiger partial charge >= 0.3 is 6.03 Å². The molecule has 1 fully saturated rings. The summed E-state index contributed by atoms with van der Waals surface area (Å²) in [6, 6.07) is 17.9. The first-order valence-electron chi connectivity index (χ1n) is 8.59. The number of nitrogens with one attached hydrogen (secondary N) is 1. The summed E-state index contributed by atoms with van der Waals surface area (Å²) < 4.78 is 11.2. The number of carbonyl (C=O) groups is 1. The highest BCUT2D eigenvalue weighted by molar-refractivity contribution is 5.74. The third-order valence-electron chi connectivity index (χ3n) is 4.39. The van der Waals surface area contributed by atoms with E-state index in [2.05, 4.69) is 5.32 Å². The van der Waals surface area contributed by atoms with E-state index in [-0.39, 0.29) is 12.1 Å². The molecule has 25 heavy (non-hydrogen) atoms. The maximum absolute atomic E-state index is 12.4. The first-order valence-corrected chi connectivity index (χ1v) is 8.59. The lowest BCUT2D eigenvalue weighted by Gasteiger charge is -2.33. The van der Waals surface area contributed by atoms with Crippen LogP contribution in [0.25, 0.3) is 0 Å². The fourth-order valence-electron chi connectivity index (χ4n) is 3.03. The van der Waals surface area contributed by atoms with Crippen LogP contribution in [0.2, 0.25) is 0 Å². The largest absolute Gasteiger partial charge is 0.496 e. The molecular weight excluding hydrogens is 316 g/mol. The predicted molar refractivity (Wildman–Crippen MR) is 96.8 cm³/mol. The molecule has 2 amide bonds. The van der Waals surface area contributed by atoms with Crippen LogP contribution in [0.1, 0.15) is 17.2 Å². The number of methoxy groups -OCH3 is 1. The molecule has 1 aliphatic rings. The van der Waals surface area contributed by atoms with Crippen LogP contribution in [0.5, 0.6) is 5.75 Å². The van der Waals surface area contributed by atoms with Gasteiger partial charge in [0.05, 0.1) is 20.3 Å². The molecule has 2 aromatic rings. The van der Waals surface area contributed by atoms with Crippen LogP contribution in [-0.4, -0.2) is 44.3 Å². The molecule has 0 bridgehead atoms. The summed E-state index contributed by atoms with van der Waals surface area (Å²) in [6.45, 7) is 2.32. The van der Waals surface area contributed by atoms with Crippen molar-refractivity contribution in [2.75, 3.05) is 33.4 Å². The molecule has 2 aromatic carbocycles. The van der Waals surface area contributed by atoms with E-state index < -0.39 is 0 Å². The molecule has 0 spiro atoms. The Morgan fingerprint density at radius 1 is 1.20 bits per heavy atom. The minimum atomic E-state index is -0.0603. The second-order valence-electron chi connectivity index (χ2n) is 6.01. The second-order valence-corrected chi connectivity index (χ2v) is 6.01. The maximum atomic E-state index is 12.4. The van der Waals surface area contributed by atoms with Crippen molar-refractivity contribution in [1.29, 1.82) is 0 Å². The SMILES string of the molecule is COc1ccccc1CCNC(=O)N1CCOC(c2ccccc2)C1. The molecule has 0 aliphatic carbocycles. The summed E-state index contributed by atoms with van der Waals surface area (Å²) in [6.07, 6.45) is 0.678. The number of nitrogens with zero attached hydrogens (tertiary/aromatic N) is 1. The Kier molecular flexibility index (Phi) is 5.90. The van der Waals surface area contributed by atoms with Crippen LogP contribution in [0.15, 0.2) is 54.6 Å². The molecular formula is C20H24N2O3. The Morgan fingerprint density at radius 2 is 1.96 bits per heavy atom. The fourth-order valence-corrected chi connectivity index (χ4v) is 3.03. The van der Waals surface area contributed by atoms with Gasteiger partial charge in [-0.2, -0.15) is 0 Å². The number of morpholine rings is 1. The lowest BCUT2D eigenvalue weighted by atomic mass is 10.1. The van der Waals surface area contributed by atoms with Crippen molar-refractivity contribution in [2.24, 2.45) is 0 Å². The molecule has 1 saturated heterocycles. The van der Waals surface area contributed by atoms with Gasteiger partial charge < -0.3 is 19.7 Å². The summed E-state index contributed by atoms with van der Waals surface area (Å²) in [4.78, 5) is 14.3. The molecule has 132 valence electrons. The Balaban J connectivity index is 1.51. The minimum Gasteiger partial charge on any atom is -0.496 e. The van der Waals surface area contributed by atoms with Gasteiger partial charge in [0.15, 0.2) is 0 Å². The van der Waals surface area contributed by atoms with E-state index in [1.165, 1.54) is 0 Å². The van der Waals surface area contributed by atoms with E-state index in [9.17, 15) is 4.79 Å². The molecule has 5 heteroatoms. The molecule has 1 heterocycles. The van der Waals surface area contributed by atoms with Crippen molar-refractivity contribution in [3.05, 3.63) is 65.7 Å². The van der Waals surface area contributed by atoms with E-state index in [1.54, 1.807) is 7.11 Å². The van der Waals surface area contributed by atoms with Gasteiger partial charge in [-0.1, -0.05) is 48.5 Å². The third kappa shape index (κ3) is 4.51. The van der Waals surface area contributed by atoms with Crippen LogP contribution in [0.3, 0.4) is 0 Å². The minimum absolute atomic E-state index is 0.0425. The first kappa shape index (κ1) is 17.3. The fraction of sp³-hybridized carbons (Fsp3) is 0.350. The van der Waals surface area contributed by atoms with E-state index in [0.29, 0.717) is 26.2 Å². The number of urea groups is 1. The normalized spacial score (nSPS) is 17.2. The maximum Gasteiger partial charge on any atom is 0.317 e. The summed E-state index contributed by atoms with van der Waals surface area (Å²) in [5.41, 5.74) is 2.20. The Bertz CT molecular complexity index is 690. The van der Waals surface area contributed by atoms with Crippen molar-refractivity contribution >= 4 is 6.03 Å². The zero-order valence-electron chi connectivity index (χ0n) is 14.5. The van der Waals surface area contributed by atoms with Crippen molar-refractivity contribution in [1.82, 2.24) is 10.2 Å². The number of para-hydroxylation sites is 1. The quantitative estimate of drug-likeness (QED) is 0.910. The summed E-state index contributed by atoms with van der Waals surface area (Å²) in [5, 5.41) is 3.00. The van der Waals surface area contributed by atoms with Crippen LogP contribution >= 0.6 is 0 Å². The molecule has 0 radical (unpaired) electrons. The number of ether oxygens (including phenoxy) is 2. The van der Waals surface area contributed by atoms with Gasteiger partial charge in [-0.15, -0.1) is 0 Å². The highest BCUT2D eigenvalue weighted by Gasteiger charge is 2.25. The van der Waals surface area contributed by atoms with Gasteiger partial charge in [-0.25, -0.2) is 4.79 Å². The Hall–Kier alpha value is -2.53. The van der Waals surface area contributed by atoms with Crippen molar-refractivity contribution < 1.29 is 14.3 Å². The topological polar surface area (TPSA) is 50.8 Å². The average molecular weight is 340 g/mol. The molecule has 5 nitrogen and oxygen atoms in total. The highest BCUT2D eigenvalue weighted by Crippen LogP contribution is 2.22. The average Bonchev–Trinajstić information content (AvgIpc) is 2.69.